The number of hydrogen-bond donors (Lipinski definition) is 3. The highest BCUT2D eigenvalue weighted by atomic mass is 33.1. The van der Waals surface area contributed by atoms with E-state index in [1.807, 2.05) is 23.7 Å². The van der Waals surface area contributed by atoms with Crippen molar-refractivity contribution < 1.29 is 37.8 Å². The van der Waals surface area contributed by atoms with E-state index in [-0.39, 0.29) is 12.3 Å². The smallest absolute Gasteiger partial charge is 0.481 e. The molecule has 0 aliphatic carbocycles. The van der Waals surface area contributed by atoms with Crippen molar-refractivity contribution in [3.05, 3.63) is 30.1 Å². The number of aromatic nitrogens is 2. The van der Waals surface area contributed by atoms with Gasteiger partial charge in [0.05, 0.1) is 29.3 Å². The second kappa shape index (κ2) is 11.6. The molecule has 0 spiro atoms. The van der Waals surface area contributed by atoms with E-state index in [0.29, 0.717) is 17.9 Å². The summed E-state index contributed by atoms with van der Waals surface area (Å²) in [7, 11) is 4.93. The molecule has 160 valence electrons. The number of nitrogens with one attached hydrogen (secondary N) is 1. The average Bonchev–Trinajstić information content (AvgIpc) is 3.01. The highest BCUT2D eigenvalue weighted by Gasteiger charge is 2.38. The van der Waals surface area contributed by atoms with Gasteiger partial charge in [0, 0.05) is 25.1 Å². The lowest BCUT2D eigenvalue weighted by molar-refractivity contribution is -0.192. The maximum atomic E-state index is 12.2. The van der Waals surface area contributed by atoms with Crippen LogP contribution in [0.15, 0.2) is 24.5 Å². The van der Waals surface area contributed by atoms with E-state index >= 15 is 0 Å². The number of carboxylic acid groups (broad SMARTS) is 2. The van der Waals surface area contributed by atoms with Gasteiger partial charge in [0.15, 0.2) is 0 Å². The molecule has 2 rings (SSSR count). The summed E-state index contributed by atoms with van der Waals surface area (Å²) in [5.41, 5.74) is 2.23. The standard InChI is InChI=1S/C14H17N3O3S2.C2HF3O2/c1-17-9-16-11-4-2-3-10(13(11)17)14(20)15-6-8-22-21-7-5-12(18)19;3-2(4,5)1(6)7/h2-4,9H,5-8H2,1H3,(H,15,20)(H,18,19);(H,6,7). The van der Waals surface area contributed by atoms with Gasteiger partial charge in [-0.2, -0.15) is 13.2 Å². The van der Waals surface area contributed by atoms with Crippen LogP contribution in [0.5, 0.6) is 0 Å². The first-order valence-electron chi connectivity index (χ1n) is 7.98. The maximum absolute atomic E-state index is 12.2. The average molecular weight is 453 g/mol. The van der Waals surface area contributed by atoms with Crippen molar-refractivity contribution in [1.82, 2.24) is 14.9 Å². The number of rotatable bonds is 8. The van der Waals surface area contributed by atoms with Gasteiger partial charge in [-0.1, -0.05) is 27.7 Å². The zero-order valence-corrected chi connectivity index (χ0v) is 16.7. The monoisotopic (exact) mass is 453 g/mol. The van der Waals surface area contributed by atoms with Crippen LogP contribution in [0.3, 0.4) is 0 Å². The Morgan fingerprint density at radius 1 is 1.17 bits per heavy atom. The van der Waals surface area contributed by atoms with Crippen LogP contribution < -0.4 is 5.32 Å². The molecule has 0 aliphatic heterocycles. The fourth-order valence-electron chi connectivity index (χ4n) is 1.94. The number of halogens is 3. The summed E-state index contributed by atoms with van der Waals surface area (Å²) in [6, 6.07) is 5.48. The number of benzene rings is 1. The first-order valence-corrected chi connectivity index (χ1v) is 10.5. The minimum Gasteiger partial charge on any atom is -0.481 e. The molecule has 1 aromatic heterocycles. The predicted molar refractivity (Wildman–Crippen MR) is 104 cm³/mol. The quantitative estimate of drug-likeness (QED) is 0.412. The minimum atomic E-state index is -5.08. The summed E-state index contributed by atoms with van der Waals surface area (Å²) in [4.78, 5) is 35.7. The molecule has 0 atom stereocenters. The first kappa shape index (κ1) is 24.6. The topological polar surface area (TPSA) is 122 Å². The zero-order valence-electron chi connectivity index (χ0n) is 15.1. The van der Waals surface area contributed by atoms with Gasteiger partial charge >= 0.3 is 18.1 Å². The van der Waals surface area contributed by atoms with Gasteiger partial charge < -0.3 is 20.1 Å². The Morgan fingerprint density at radius 3 is 2.38 bits per heavy atom. The van der Waals surface area contributed by atoms with Crippen molar-refractivity contribution in [2.24, 2.45) is 7.05 Å². The van der Waals surface area contributed by atoms with Gasteiger partial charge in [-0.15, -0.1) is 0 Å². The summed E-state index contributed by atoms with van der Waals surface area (Å²) in [5.74, 6) is -2.36. The molecule has 0 fully saturated rings. The molecule has 8 nitrogen and oxygen atoms in total. The summed E-state index contributed by atoms with van der Waals surface area (Å²) < 4.78 is 33.6. The molecular formula is C16H18F3N3O5S2. The number of alkyl halides is 3. The Morgan fingerprint density at radius 2 is 1.79 bits per heavy atom. The van der Waals surface area contributed by atoms with E-state index in [2.05, 4.69) is 10.3 Å². The molecule has 13 heteroatoms. The van der Waals surface area contributed by atoms with Crippen LogP contribution >= 0.6 is 21.6 Å². The van der Waals surface area contributed by atoms with E-state index in [1.54, 1.807) is 23.2 Å². The fourth-order valence-corrected chi connectivity index (χ4v) is 3.83. The third-order valence-electron chi connectivity index (χ3n) is 3.18. The molecule has 1 amide bonds. The molecule has 3 N–H and O–H groups in total. The third kappa shape index (κ3) is 8.64. The van der Waals surface area contributed by atoms with E-state index in [9.17, 15) is 22.8 Å². The molecule has 0 bridgehead atoms. The van der Waals surface area contributed by atoms with Crippen LogP contribution in [0, 0.1) is 0 Å². The van der Waals surface area contributed by atoms with Crippen LogP contribution in [-0.4, -0.2) is 61.8 Å². The minimum absolute atomic E-state index is 0.120. The Balaban J connectivity index is 0.000000516. The van der Waals surface area contributed by atoms with E-state index in [1.165, 1.54) is 10.8 Å². The van der Waals surface area contributed by atoms with Crippen LogP contribution in [0.1, 0.15) is 16.8 Å². The highest BCUT2D eigenvalue weighted by molar-refractivity contribution is 8.76. The van der Waals surface area contributed by atoms with Crippen LogP contribution in [0.4, 0.5) is 13.2 Å². The van der Waals surface area contributed by atoms with Gasteiger partial charge in [-0.3, -0.25) is 9.59 Å². The Hall–Kier alpha value is -2.41. The molecule has 0 saturated carbocycles. The molecule has 0 aliphatic rings. The summed E-state index contributed by atoms with van der Waals surface area (Å²) in [6.45, 7) is 0.539. The van der Waals surface area contributed by atoms with Crippen molar-refractivity contribution in [2.45, 2.75) is 12.6 Å². The van der Waals surface area contributed by atoms with Gasteiger partial charge in [-0.25, -0.2) is 9.78 Å². The van der Waals surface area contributed by atoms with Crippen molar-refractivity contribution >= 4 is 50.5 Å². The van der Waals surface area contributed by atoms with Crippen molar-refractivity contribution in [3.63, 3.8) is 0 Å². The summed E-state index contributed by atoms with van der Waals surface area (Å²) in [6.07, 6.45) is -3.23. The van der Waals surface area contributed by atoms with E-state index in [0.717, 1.165) is 16.8 Å². The first-order chi connectivity index (χ1) is 13.5. The number of carbonyl (C=O) groups excluding carboxylic acids is 1. The number of amides is 1. The normalized spacial score (nSPS) is 10.9. The molecule has 1 heterocycles. The number of para-hydroxylation sites is 1. The largest absolute Gasteiger partial charge is 0.490 e. The number of aliphatic carboxylic acids is 2. The van der Waals surface area contributed by atoms with E-state index < -0.39 is 18.1 Å². The highest BCUT2D eigenvalue weighted by Crippen LogP contribution is 2.21. The molecule has 29 heavy (non-hydrogen) atoms. The van der Waals surface area contributed by atoms with Gasteiger partial charge in [0.25, 0.3) is 5.91 Å². The van der Waals surface area contributed by atoms with Crippen LogP contribution in [-0.2, 0) is 16.6 Å². The lowest BCUT2D eigenvalue weighted by Crippen LogP contribution is -2.26. The number of nitrogens with zero attached hydrogens (tertiary/aromatic N) is 2. The number of carbonyl (C=O) groups is 3. The van der Waals surface area contributed by atoms with Gasteiger partial charge in [0.2, 0.25) is 0 Å². The Bertz CT molecular complexity index is 858. The van der Waals surface area contributed by atoms with Gasteiger partial charge in [-0.05, 0) is 12.1 Å². The number of hydrogen-bond acceptors (Lipinski definition) is 6. The van der Waals surface area contributed by atoms with Crippen LogP contribution in [0.2, 0.25) is 0 Å². The van der Waals surface area contributed by atoms with Crippen molar-refractivity contribution in [2.75, 3.05) is 18.1 Å². The summed E-state index contributed by atoms with van der Waals surface area (Å²) >= 11 is 0. The Labute approximate surface area is 171 Å². The van der Waals surface area contributed by atoms with E-state index in [4.69, 9.17) is 15.0 Å². The van der Waals surface area contributed by atoms with Crippen molar-refractivity contribution in [3.8, 4) is 0 Å². The number of imidazole rings is 1. The zero-order chi connectivity index (χ0) is 22.0. The molecule has 1 aromatic carbocycles. The summed E-state index contributed by atoms with van der Waals surface area (Å²) in [5, 5.41) is 18.5. The fraction of sp³-hybridized carbons (Fsp3) is 0.375. The molecular weight excluding hydrogens is 435 g/mol. The van der Waals surface area contributed by atoms with Crippen molar-refractivity contribution in [1.29, 1.82) is 0 Å². The number of aryl methyl sites for hydroxylation is 1. The molecule has 2 aromatic rings. The predicted octanol–water partition coefficient (Wildman–Crippen LogP) is 2.79. The lowest BCUT2D eigenvalue weighted by Gasteiger charge is -2.07. The Kier molecular flexibility index (Phi) is 9.81. The maximum Gasteiger partial charge on any atom is 0.490 e. The molecule has 0 radical (unpaired) electrons. The molecule has 0 saturated heterocycles. The SMILES string of the molecule is Cn1cnc2cccc(C(=O)NCCSSCCC(=O)O)c21.O=C(O)C(F)(F)F. The number of carboxylic acids is 2. The molecule has 0 unspecified atom stereocenters. The third-order valence-corrected chi connectivity index (χ3v) is 5.59. The second-order valence-corrected chi connectivity index (χ2v) is 8.08. The van der Waals surface area contributed by atoms with Gasteiger partial charge in [0.1, 0.15) is 0 Å². The second-order valence-electron chi connectivity index (χ2n) is 5.38. The number of fused-ring (bicyclic) bond motifs is 1. The van der Waals surface area contributed by atoms with Crippen LogP contribution in [0.25, 0.3) is 11.0 Å². The lowest BCUT2D eigenvalue weighted by atomic mass is 10.1.